The van der Waals surface area contributed by atoms with Gasteiger partial charge < -0.3 is 5.32 Å². The fourth-order valence-corrected chi connectivity index (χ4v) is 3.43. The Kier molecular flexibility index (Phi) is 5.03. The number of aryl methyl sites for hydroxylation is 3. The number of amides is 1. The predicted molar refractivity (Wildman–Crippen MR) is 114 cm³/mol. The molecule has 0 unspecified atom stereocenters. The summed E-state index contributed by atoms with van der Waals surface area (Å²) >= 11 is 6.05. The highest BCUT2D eigenvalue weighted by Gasteiger charge is 2.17. The number of fused-ring (bicyclic) bond motifs is 1. The molecule has 1 amide bonds. The molecule has 0 fully saturated rings. The maximum absolute atomic E-state index is 12.7. The summed E-state index contributed by atoms with van der Waals surface area (Å²) in [5, 5.41) is 8.11. The SMILES string of the molecule is Cc1ccc(Cl)cc1NC(=O)Cc1c(C)nc2nc(-c3ccccc3)nn2c1C. The minimum absolute atomic E-state index is 0.133. The van der Waals surface area contributed by atoms with E-state index in [1.54, 1.807) is 16.6 Å². The van der Waals surface area contributed by atoms with E-state index in [0.717, 1.165) is 28.1 Å². The van der Waals surface area contributed by atoms with Crippen LogP contribution >= 0.6 is 11.6 Å². The smallest absolute Gasteiger partial charge is 0.253 e. The largest absolute Gasteiger partial charge is 0.326 e. The lowest BCUT2D eigenvalue weighted by Gasteiger charge is -2.12. The van der Waals surface area contributed by atoms with Crippen molar-refractivity contribution >= 4 is 29.0 Å². The van der Waals surface area contributed by atoms with Crippen LogP contribution in [0.2, 0.25) is 5.02 Å². The number of nitrogens with zero attached hydrogens (tertiary/aromatic N) is 4. The van der Waals surface area contributed by atoms with Crippen LogP contribution in [0.15, 0.2) is 48.5 Å². The Bertz CT molecular complexity index is 1220. The Balaban J connectivity index is 1.65. The molecule has 1 N–H and O–H groups in total. The van der Waals surface area contributed by atoms with Gasteiger partial charge in [0.25, 0.3) is 5.78 Å². The first-order valence-corrected chi connectivity index (χ1v) is 9.64. The van der Waals surface area contributed by atoms with Gasteiger partial charge in [-0.3, -0.25) is 4.79 Å². The summed E-state index contributed by atoms with van der Waals surface area (Å²) < 4.78 is 1.70. The van der Waals surface area contributed by atoms with E-state index in [1.165, 1.54) is 0 Å². The summed E-state index contributed by atoms with van der Waals surface area (Å²) in [7, 11) is 0. The average molecular weight is 406 g/mol. The lowest BCUT2D eigenvalue weighted by molar-refractivity contribution is -0.115. The van der Waals surface area contributed by atoms with Crippen molar-refractivity contribution in [2.45, 2.75) is 27.2 Å². The van der Waals surface area contributed by atoms with Gasteiger partial charge in [-0.2, -0.15) is 4.98 Å². The third kappa shape index (κ3) is 3.84. The number of benzene rings is 2. The molecule has 0 aliphatic carbocycles. The van der Waals surface area contributed by atoms with E-state index in [0.29, 0.717) is 22.3 Å². The van der Waals surface area contributed by atoms with Crippen molar-refractivity contribution in [3.8, 4) is 11.4 Å². The highest BCUT2D eigenvalue weighted by Crippen LogP contribution is 2.22. The van der Waals surface area contributed by atoms with Crippen LogP contribution in [0.4, 0.5) is 5.69 Å². The summed E-state index contributed by atoms with van der Waals surface area (Å²) in [5.74, 6) is 0.997. The van der Waals surface area contributed by atoms with E-state index in [9.17, 15) is 4.79 Å². The Morgan fingerprint density at radius 1 is 1.07 bits per heavy atom. The van der Waals surface area contributed by atoms with E-state index < -0.39 is 0 Å². The summed E-state index contributed by atoms with van der Waals surface area (Å²) in [4.78, 5) is 21.8. The number of nitrogens with one attached hydrogen (secondary N) is 1. The van der Waals surface area contributed by atoms with E-state index >= 15 is 0 Å². The minimum Gasteiger partial charge on any atom is -0.326 e. The summed E-state index contributed by atoms with van der Waals surface area (Å²) in [6, 6.07) is 15.2. The maximum atomic E-state index is 12.7. The monoisotopic (exact) mass is 405 g/mol. The van der Waals surface area contributed by atoms with Gasteiger partial charge in [0.1, 0.15) is 0 Å². The molecular formula is C22H20ClN5O. The minimum atomic E-state index is -0.133. The fraction of sp³-hybridized carbons (Fsp3) is 0.182. The van der Waals surface area contributed by atoms with Crippen molar-refractivity contribution in [2.24, 2.45) is 0 Å². The number of hydrogen-bond donors (Lipinski definition) is 1. The van der Waals surface area contributed by atoms with Gasteiger partial charge >= 0.3 is 0 Å². The van der Waals surface area contributed by atoms with Crippen LogP contribution in [0.3, 0.4) is 0 Å². The zero-order chi connectivity index (χ0) is 20.5. The number of anilines is 1. The number of aromatic nitrogens is 4. The maximum Gasteiger partial charge on any atom is 0.253 e. The first-order chi connectivity index (χ1) is 13.9. The van der Waals surface area contributed by atoms with Gasteiger partial charge in [0.2, 0.25) is 5.91 Å². The van der Waals surface area contributed by atoms with Gasteiger partial charge in [-0.1, -0.05) is 48.0 Å². The van der Waals surface area contributed by atoms with Gasteiger partial charge in [0.05, 0.1) is 6.42 Å². The normalized spacial score (nSPS) is 11.0. The van der Waals surface area contributed by atoms with Gasteiger partial charge in [0.15, 0.2) is 5.82 Å². The molecule has 4 rings (SSSR count). The molecule has 2 aromatic carbocycles. The zero-order valence-corrected chi connectivity index (χ0v) is 17.2. The lowest BCUT2D eigenvalue weighted by Crippen LogP contribution is -2.18. The molecule has 146 valence electrons. The fourth-order valence-electron chi connectivity index (χ4n) is 3.26. The zero-order valence-electron chi connectivity index (χ0n) is 16.4. The van der Waals surface area contributed by atoms with Crippen LogP contribution in [0.25, 0.3) is 17.2 Å². The molecule has 0 saturated heterocycles. The molecule has 0 bridgehead atoms. The first-order valence-electron chi connectivity index (χ1n) is 9.26. The molecule has 4 aromatic rings. The Hall–Kier alpha value is -3.25. The molecule has 0 atom stereocenters. The quantitative estimate of drug-likeness (QED) is 0.540. The topological polar surface area (TPSA) is 72.2 Å². The van der Waals surface area contributed by atoms with Crippen LogP contribution in [0.1, 0.15) is 22.5 Å². The van der Waals surface area contributed by atoms with Gasteiger partial charge in [0, 0.05) is 33.2 Å². The van der Waals surface area contributed by atoms with Crippen molar-refractivity contribution in [1.82, 2.24) is 19.6 Å². The number of carbonyl (C=O) groups excluding carboxylic acids is 1. The third-order valence-electron chi connectivity index (χ3n) is 4.89. The molecule has 0 aliphatic rings. The number of halogens is 1. The van der Waals surface area contributed by atoms with E-state index in [4.69, 9.17) is 11.6 Å². The van der Waals surface area contributed by atoms with Crippen molar-refractivity contribution < 1.29 is 4.79 Å². The number of rotatable bonds is 4. The van der Waals surface area contributed by atoms with Crippen LogP contribution in [0, 0.1) is 20.8 Å². The number of carbonyl (C=O) groups is 1. The molecule has 6 nitrogen and oxygen atoms in total. The van der Waals surface area contributed by atoms with E-state index in [2.05, 4.69) is 20.4 Å². The second-order valence-electron chi connectivity index (χ2n) is 6.96. The van der Waals surface area contributed by atoms with Crippen LogP contribution < -0.4 is 5.32 Å². The molecule has 0 aliphatic heterocycles. The Labute approximate surface area is 173 Å². The summed E-state index contributed by atoms with van der Waals surface area (Å²) in [6.45, 7) is 5.74. The van der Waals surface area contributed by atoms with E-state index in [1.807, 2.05) is 57.2 Å². The first kappa shape index (κ1) is 19.1. The van der Waals surface area contributed by atoms with Crippen molar-refractivity contribution in [3.63, 3.8) is 0 Å². The Morgan fingerprint density at radius 3 is 2.59 bits per heavy atom. The third-order valence-corrected chi connectivity index (χ3v) is 5.13. The van der Waals surface area contributed by atoms with Crippen molar-refractivity contribution in [1.29, 1.82) is 0 Å². The van der Waals surface area contributed by atoms with Gasteiger partial charge in [-0.25, -0.2) is 9.50 Å². The highest BCUT2D eigenvalue weighted by molar-refractivity contribution is 6.31. The average Bonchev–Trinajstić information content (AvgIpc) is 3.13. The van der Waals surface area contributed by atoms with Crippen molar-refractivity contribution in [3.05, 3.63) is 76.1 Å². The Morgan fingerprint density at radius 2 is 1.83 bits per heavy atom. The molecule has 0 saturated carbocycles. The summed E-state index contributed by atoms with van der Waals surface area (Å²) in [5.41, 5.74) is 5.03. The highest BCUT2D eigenvalue weighted by atomic mass is 35.5. The standard InChI is InChI=1S/C22H20ClN5O/c1-13-9-10-17(23)11-19(13)25-20(29)12-18-14(2)24-22-26-21(27-28(22)15(18)3)16-7-5-4-6-8-16/h4-11H,12H2,1-3H3,(H,25,29). The predicted octanol–water partition coefficient (Wildman–Crippen LogP) is 4.55. The summed E-state index contributed by atoms with van der Waals surface area (Å²) in [6.07, 6.45) is 0.188. The van der Waals surface area contributed by atoms with Crippen molar-refractivity contribution in [2.75, 3.05) is 5.32 Å². The second kappa shape index (κ2) is 7.64. The van der Waals surface area contributed by atoms with Gasteiger partial charge in [-0.05, 0) is 38.5 Å². The van der Waals surface area contributed by atoms with Crippen LogP contribution in [0.5, 0.6) is 0 Å². The molecule has 0 spiro atoms. The lowest BCUT2D eigenvalue weighted by atomic mass is 10.1. The molecule has 2 heterocycles. The molecule has 7 heteroatoms. The molecule has 2 aromatic heterocycles. The second-order valence-corrected chi connectivity index (χ2v) is 7.40. The van der Waals surface area contributed by atoms with Crippen LogP contribution in [-0.4, -0.2) is 25.5 Å². The van der Waals surface area contributed by atoms with E-state index in [-0.39, 0.29) is 12.3 Å². The molecule has 0 radical (unpaired) electrons. The molecular weight excluding hydrogens is 386 g/mol. The molecule has 29 heavy (non-hydrogen) atoms. The van der Waals surface area contributed by atoms with Gasteiger partial charge in [-0.15, -0.1) is 5.10 Å². The number of hydrogen-bond acceptors (Lipinski definition) is 4. The van der Waals surface area contributed by atoms with Crippen LogP contribution in [-0.2, 0) is 11.2 Å².